The highest BCUT2D eigenvalue weighted by Crippen LogP contribution is 2.26. The summed E-state index contributed by atoms with van der Waals surface area (Å²) < 4.78 is 5.45. The SMILES string of the molecule is Cc1nc(N)nc(C2=CCN(C(=O)OC(C)(C)C)CC2)c1C#Cc1ccc(N)nc1. The molecule has 1 aliphatic heterocycles. The van der Waals surface area contributed by atoms with Crippen molar-refractivity contribution < 1.29 is 9.53 Å². The van der Waals surface area contributed by atoms with Gasteiger partial charge in [0.25, 0.3) is 0 Å². The topological polar surface area (TPSA) is 120 Å². The molecule has 0 spiro atoms. The van der Waals surface area contributed by atoms with Crippen molar-refractivity contribution >= 4 is 23.4 Å². The van der Waals surface area contributed by atoms with Crippen LogP contribution < -0.4 is 11.5 Å². The van der Waals surface area contributed by atoms with Crippen LogP contribution in [0.5, 0.6) is 0 Å². The number of nitrogens with zero attached hydrogens (tertiary/aromatic N) is 4. The Hall–Kier alpha value is -3.60. The number of anilines is 2. The summed E-state index contributed by atoms with van der Waals surface area (Å²) in [6.07, 6.45) is 3.87. The third-order valence-corrected chi connectivity index (χ3v) is 4.39. The summed E-state index contributed by atoms with van der Waals surface area (Å²) in [6.45, 7) is 8.36. The quantitative estimate of drug-likeness (QED) is 0.699. The fraction of sp³-hybridized carbons (Fsp3) is 0.364. The summed E-state index contributed by atoms with van der Waals surface area (Å²) in [7, 11) is 0. The number of nitrogens with two attached hydrogens (primary N) is 2. The summed E-state index contributed by atoms with van der Waals surface area (Å²) >= 11 is 0. The van der Waals surface area contributed by atoms with E-state index < -0.39 is 5.60 Å². The summed E-state index contributed by atoms with van der Waals surface area (Å²) in [5, 5.41) is 0. The molecular formula is C22H26N6O2. The molecule has 3 rings (SSSR count). The van der Waals surface area contributed by atoms with Crippen LogP contribution >= 0.6 is 0 Å². The fourth-order valence-electron chi connectivity index (χ4n) is 2.97. The Morgan fingerprint density at radius 1 is 1.20 bits per heavy atom. The molecule has 0 bridgehead atoms. The molecule has 2 aromatic rings. The van der Waals surface area contributed by atoms with Gasteiger partial charge < -0.3 is 21.1 Å². The lowest BCUT2D eigenvalue weighted by Gasteiger charge is -2.29. The van der Waals surface area contributed by atoms with Gasteiger partial charge >= 0.3 is 6.09 Å². The third-order valence-electron chi connectivity index (χ3n) is 4.39. The smallest absolute Gasteiger partial charge is 0.410 e. The van der Waals surface area contributed by atoms with E-state index >= 15 is 0 Å². The van der Waals surface area contributed by atoms with E-state index in [9.17, 15) is 4.79 Å². The maximum absolute atomic E-state index is 12.3. The first-order valence-electron chi connectivity index (χ1n) is 9.67. The van der Waals surface area contributed by atoms with E-state index in [1.807, 2.05) is 33.8 Å². The lowest BCUT2D eigenvalue weighted by Crippen LogP contribution is -2.39. The first-order valence-corrected chi connectivity index (χ1v) is 9.67. The van der Waals surface area contributed by atoms with Gasteiger partial charge in [0.05, 0.1) is 17.0 Å². The summed E-state index contributed by atoms with van der Waals surface area (Å²) in [5.74, 6) is 6.86. The Bertz CT molecular complexity index is 1040. The second-order valence-electron chi connectivity index (χ2n) is 8.02. The number of carbonyl (C=O) groups excluding carboxylic acids is 1. The van der Waals surface area contributed by atoms with Gasteiger partial charge in [-0.15, -0.1) is 0 Å². The van der Waals surface area contributed by atoms with E-state index in [2.05, 4.69) is 26.8 Å². The minimum absolute atomic E-state index is 0.192. The van der Waals surface area contributed by atoms with Crippen LogP contribution in [0.15, 0.2) is 24.4 Å². The molecule has 0 aromatic carbocycles. The van der Waals surface area contributed by atoms with Gasteiger partial charge in [-0.05, 0) is 51.8 Å². The number of hydrogen-bond donors (Lipinski definition) is 2. The highest BCUT2D eigenvalue weighted by molar-refractivity contribution is 5.74. The molecule has 8 heteroatoms. The second-order valence-corrected chi connectivity index (χ2v) is 8.02. The molecule has 0 atom stereocenters. The van der Waals surface area contributed by atoms with Crippen LogP contribution in [0.25, 0.3) is 5.57 Å². The molecular weight excluding hydrogens is 380 g/mol. The standard InChI is InChI=1S/C22H26N6O2/c1-14-17(7-5-15-6-8-18(23)25-13-15)19(27-20(24)26-14)16-9-11-28(12-10-16)21(29)30-22(2,3)4/h6,8-9,13H,10-12H2,1-4H3,(H2,23,25)(H2,24,26,27). The normalized spacial score (nSPS) is 13.9. The van der Waals surface area contributed by atoms with Crippen molar-refractivity contribution in [1.29, 1.82) is 0 Å². The van der Waals surface area contributed by atoms with Gasteiger partial charge in [0, 0.05) is 24.8 Å². The number of ether oxygens (including phenoxy) is 1. The Balaban J connectivity index is 1.88. The van der Waals surface area contributed by atoms with Gasteiger partial charge in [0.15, 0.2) is 0 Å². The van der Waals surface area contributed by atoms with Crippen LogP contribution in [-0.4, -0.2) is 44.6 Å². The van der Waals surface area contributed by atoms with Gasteiger partial charge in [-0.25, -0.2) is 19.7 Å². The Morgan fingerprint density at radius 2 is 1.97 bits per heavy atom. The predicted octanol–water partition coefficient (Wildman–Crippen LogP) is 2.77. The van der Waals surface area contributed by atoms with Crippen molar-refractivity contribution in [3.63, 3.8) is 0 Å². The van der Waals surface area contributed by atoms with E-state index in [-0.39, 0.29) is 12.0 Å². The minimum atomic E-state index is -0.529. The molecule has 0 radical (unpaired) electrons. The monoisotopic (exact) mass is 406 g/mol. The third kappa shape index (κ3) is 5.26. The first kappa shape index (κ1) is 21.1. The predicted molar refractivity (Wildman–Crippen MR) is 116 cm³/mol. The highest BCUT2D eigenvalue weighted by atomic mass is 16.6. The number of amides is 1. The number of carbonyl (C=O) groups is 1. The zero-order chi connectivity index (χ0) is 21.9. The number of nitrogen functional groups attached to an aromatic ring is 2. The van der Waals surface area contributed by atoms with E-state index in [4.69, 9.17) is 16.2 Å². The number of aryl methyl sites for hydroxylation is 1. The first-order chi connectivity index (χ1) is 14.1. The molecule has 0 aliphatic carbocycles. The maximum atomic E-state index is 12.3. The summed E-state index contributed by atoms with van der Waals surface area (Å²) in [4.78, 5) is 26.7. The highest BCUT2D eigenvalue weighted by Gasteiger charge is 2.25. The molecule has 3 heterocycles. The van der Waals surface area contributed by atoms with Crippen LogP contribution in [-0.2, 0) is 4.74 Å². The van der Waals surface area contributed by atoms with Gasteiger partial charge in [-0.2, -0.15) is 0 Å². The molecule has 30 heavy (non-hydrogen) atoms. The van der Waals surface area contributed by atoms with Crippen LogP contribution in [0, 0.1) is 18.8 Å². The van der Waals surface area contributed by atoms with Gasteiger partial charge in [-0.3, -0.25) is 0 Å². The molecule has 0 unspecified atom stereocenters. The van der Waals surface area contributed by atoms with Crippen molar-refractivity contribution in [3.8, 4) is 11.8 Å². The summed E-state index contributed by atoms with van der Waals surface area (Å²) in [5.41, 5.74) is 14.8. The molecule has 2 aromatic heterocycles. The number of pyridine rings is 1. The van der Waals surface area contributed by atoms with Crippen molar-refractivity contribution in [3.05, 3.63) is 46.9 Å². The van der Waals surface area contributed by atoms with Gasteiger partial charge in [0.2, 0.25) is 5.95 Å². The number of rotatable bonds is 1. The van der Waals surface area contributed by atoms with E-state index in [0.29, 0.717) is 42.3 Å². The Morgan fingerprint density at radius 3 is 2.57 bits per heavy atom. The van der Waals surface area contributed by atoms with Crippen LogP contribution in [0.4, 0.5) is 16.6 Å². The molecule has 156 valence electrons. The van der Waals surface area contributed by atoms with Gasteiger partial charge in [0.1, 0.15) is 11.4 Å². The minimum Gasteiger partial charge on any atom is -0.444 e. The molecule has 8 nitrogen and oxygen atoms in total. The largest absolute Gasteiger partial charge is 0.444 e. The van der Waals surface area contributed by atoms with Crippen molar-refractivity contribution in [2.24, 2.45) is 0 Å². The maximum Gasteiger partial charge on any atom is 0.410 e. The fourth-order valence-corrected chi connectivity index (χ4v) is 2.97. The molecule has 0 fully saturated rings. The average Bonchev–Trinajstić information content (AvgIpc) is 2.67. The van der Waals surface area contributed by atoms with Crippen molar-refractivity contribution in [2.75, 3.05) is 24.6 Å². The lowest BCUT2D eigenvalue weighted by molar-refractivity contribution is 0.0270. The number of hydrogen-bond acceptors (Lipinski definition) is 7. The lowest BCUT2D eigenvalue weighted by atomic mass is 9.99. The Kier molecular flexibility index (Phi) is 5.92. The zero-order valence-corrected chi connectivity index (χ0v) is 17.7. The van der Waals surface area contributed by atoms with Gasteiger partial charge in [-0.1, -0.05) is 17.9 Å². The Labute approximate surface area is 176 Å². The average molecular weight is 406 g/mol. The molecule has 0 saturated carbocycles. The van der Waals surface area contributed by atoms with E-state index in [1.165, 1.54) is 0 Å². The zero-order valence-electron chi connectivity index (χ0n) is 17.7. The molecule has 1 aliphatic rings. The molecule has 4 N–H and O–H groups in total. The summed E-state index contributed by atoms with van der Waals surface area (Å²) in [6, 6.07) is 3.51. The second kappa shape index (κ2) is 8.41. The van der Waals surface area contributed by atoms with Crippen LogP contribution in [0.3, 0.4) is 0 Å². The van der Waals surface area contributed by atoms with E-state index in [1.54, 1.807) is 23.2 Å². The van der Waals surface area contributed by atoms with E-state index in [0.717, 1.165) is 11.1 Å². The molecule has 0 saturated heterocycles. The van der Waals surface area contributed by atoms with Crippen molar-refractivity contribution in [1.82, 2.24) is 19.9 Å². The van der Waals surface area contributed by atoms with Crippen LogP contribution in [0.1, 0.15) is 49.7 Å². The number of aromatic nitrogens is 3. The molecule has 1 amide bonds. The van der Waals surface area contributed by atoms with Crippen LogP contribution in [0.2, 0.25) is 0 Å². The van der Waals surface area contributed by atoms with Crippen molar-refractivity contribution in [2.45, 2.75) is 39.7 Å².